The predicted molar refractivity (Wildman–Crippen MR) is 63.6 cm³/mol. The molecule has 2 atom stereocenters. The molecule has 0 aromatic rings. The van der Waals surface area contributed by atoms with Gasteiger partial charge in [-0.2, -0.15) is 0 Å². The van der Waals surface area contributed by atoms with Crippen LogP contribution in [0.5, 0.6) is 0 Å². The summed E-state index contributed by atoms with van der Waals surface area (Å²) >= 11 is 0. The van der Waals surface area contributed by atoms with Gasteiger partial charge in [-0.15, -0.1) is 0 Å². The summed E-state index contributed by atoms with van der Waals surface area (Å²) in [6, 6.07) is 0. The van der Waals surface area contributed by atoms with E-state index in [9.17, 15) is 4.79 Å². The number of epoxide rings is 1. The first-order valence-corrected chi connectivity index (χ1v) is 7.16. The lowest BCUT2D eigenvalue weighted by molar-refractivity contribution is -0.152. The van der Waals surface area contributed by atoms with Gasteiger partial charge in [0.05, 0.1) is 12.7 Å². The summed E-state index contributed by atoms with van der Waals surface area (Å²) in [6.07, 6.45) is 10.8. The number of ether oxygens (including phenoxy) is 2. The normalized spacial score (nSPS) is 37.3. The van der Waals surface area contributed by atoms with Gasteiger partial charge in [0.1, 0.15) is 0 Å². The molecular formula is C14H22O3. The van der Waals surface area contributed by atoms with Crippen LogP contribution in [0.3, 0.4) is 0 Å². The summed E-state index contributed by atoms with van der Waals surface area (Å²) in [5.74, 6) is 0.526. The van der Waals surface area contributed by atoms with Crippen molar-refractivity contribution in [2.45, 2.75) is 69.5 Å². The summed E-state index contributed by atoms with van der Waals surface area (Å²) in [6.45, 7) is 0.622. The molecule has 0 spiro atoms. The minimum atomic E-state index is -0.507. The molecule has 96 valence electrons. The fourth-order valence-corrected chi connectivity index (χ4v) is 3.40. The first-order chi connectivity index (χ1) is 8.31. The summed E-state index contributed by atoms with van der Waals surface area (Å²) in [4.78, 5) is 12.1. The van der Waals surface area contributed by atoms with Gasteiger partial charge in [0.2, 0.25) is 0 Å². The highest BCUT2D eigenvalue weighted by molar-refractivity contribution is 5.83. The molecule has 3 rings (SSSR count). The molecule has 0 bridgehead atoms. The highest BCUT2D eigenvalue weighted by Crippen LogP contribution is 2.48. The average Bonchev–Trinajstić information content (AvgIpc) is 3.13. The molecule has 0 aromatic carbocycles. The van der Waals surface area contributed by atoms with E-state index in [0.29, 0.717) is 12.5 Å². The van der Waals surface area contributed by atoms with E-state index in [1.165, 1.54) is 38.5 Å². The highest BCUT2D eigenvalue weighted by Gasteiger charge is 2.64. The number of carbonyl (C=O) groups is 1. The maximum atomic E-state index is 12.1. The third-order valence-electron chi connectivity index (χ3n) is 4.60. The second-order valence-electron chi connectivity index (χ2n) is 5.84. The van der Waals surface area contributed by atoms with Crippen LogP contribution in [0.1, 0.15) is 57.8 Å². The van der Waals surface area contributed by atoms with E-state index in [1.54, 1.807) is 0 Å². The monoisotopic (exact) mass is 238 g/mol. The van der Waals surface area contributed by atoms with E-state index in [1.807, 2.05) is 0 Å². The van der Waals surface area contributed by atoms with Crippen molar-refractivity contribution in [2.24, 2.45) is 5.92 Å². The van der Waals surface area contributed by atoms with Crippen LogP contribution >= 0.6 is 0 Å². The second kappa shape index (κ2) is 4.60. The zero-order valence-corrected chi connectivity index (χ0v) is 10.5. The SMILES string of the molecule is O=C(OCC1CCCCC1)C12CCCCC1O2. The molecule has 3 heteroatoms. The van der Waals surface area contributed by atoms with Crippen molar-refractivity contribution in [1.29, 1.82) is 0 Å². The van der Waals surface area contributed by atoms with Gasteiger partial charge in [-0.25, -0.2) is 4.79 Å². The number of hydrogen-bond acceptors (Lipinski definition) is 3. The largest absolute Gasteiger partial charge is 0.463 e. The van der Waals surface area contributed by atoms with Crippen molar-refractivity contribution in [1.82, 2.24) is 0 Å². The molecule has 0 N–H and O–H groups in total. The van der Waals surface area contributed by atoms with Crippen molar-refractivity contribution < 1.29 is 14.3 Å². The average molecular weight is 238 g/mol. The van der Waals surface area contributed by atoms with E-state index in [0.717, 1.165) is 19.3 Å². The van der Waals surface area contributed by atoms with Gasteiger partial charge >= 0.3 is 5.97 Å². The Hall–Kier alpha value is -0.570. The van der Waals surface area contributed by atoms with Crippen LogP contribution in [0.4, 0.5) is 0 Å². The first kappa shape index (κ1) is 11.5. The molecule has 3 nitrogen and oxygen atoms in total. The van der Waals surface area contributed by atoms with Crippen LogP contribution in [-0.4, -0.2) is 24.3 Å². The van der Waals surface area contributed by atoms with Crippen LogP contribution in [0.15, 0.2) is 0 Å². The fourth-order valence-electron chi connectivity index (χ4n) is 3.40. The van der Waals surface area contributed by atoms with Gasteiger partial charge in [-0.1, -0.05) is 25.7 Å². The van der Waals surface area contributed by atoms with Crippen molar-refractivity contribution >= 4 is 5.97 Å². The first-order valence-electron chi connectivity index (χ1n) is 7.16. The van der Waals surface area contributed by atoms with E-state index < -0.39 is 5.60 Å². The van der Waals surface area contributed by atoms with Crippen molar-refractivity contribution in [3.05, 3.63) is 0 Å². The summed E-state index contributed by atoms with van der Waals surface area (Å²) in [7, 11) is 0. The van der Waals surface area contributed by atoms with Crippen LogP contribution < -0.4 is 0 Å². The van der Waals surface area contributed by atoms with E-state index in [2.05, 4.69) is 0 Å². The highest BCUT2D eigenvalue weighted by atomic mass is 16.7. The summed E-state index contributed by atoms with van der Waals surface area (Å²) in [5.41, 5.74) is -0.507. The Morgan fingerprint density at radius 1 is 1.12 bits per heavy atom. The molecule has 2 saturated carbocycles. The van der Waals surface area contributed by atoms with Crippen molar-refractivity contribution in [3.63, 3.8) is 0 Å². The zero-order chi connectivity index (χ0) is 11.7. The molecule has 0 aromatic heterocycles. The minimum absolute atomic E-state index is 0.0761. The Kier molecular flexibility index (Phi) is 3.12. The molecular weight excluding hydrogens is 216 g/mol. The van der Waals surface area contributed by atoms with Gasteiger partial charge in [0.15, 0.2) is 5.60 Å². The van der Waals surface area contributed by atoms with Crippen LogP contribution in [0, 0.1) is 5.92 Å². The lowest BCUT2D eigenvalue weighted by atomic mass is 9.88. The third kappa shape index (κ3) is 2.22. The van der Waals surface area contributed by atoms with Crippen LogP contribution in [-0.2, 0) is 14.3 Å². The third-order valence-corrected chi connectivity index (χ3v) is 4.60. The van der Waals surface area contributed by atoms with Gasteiger partial charge in [-0.3, -0.25) is 0 Å². The van der Waals surface area contributed by atoms with E-state index in [-0.39, 0.29) is 12.1 Å². The standard InChI is InChI=1S/C14H22O3/c15-13(14-9-5-4-8-12(14)17-14)16-10-11-6-2-1-3-7-11/h11-12H,1-10H2. The molecule has 1 saturated heterocycles. The molecule has 1 aliphatic heterocycles. The van der Waals surface area contributed by atoms with Crippen LogP contribution in [0.25, 0.3) is 0 Å². The smallest absolute Gasteiger partial charge is 0.341 e. The van der Waals surface area contributed by atoms with E-state index in [4.69, 9.17) is 9.47 Å². The molecule has 3 aliphatic rings. The molecule has 0 radical (unpaired) electrons. The fraction of sp³-hybridized carbons (Fsp3) is 0.929. The van der Waals surface area contributed by atoms with Crippen molar-refractivity contribution in [3.8, 4) is 0 Å². The van der Waals surface area contributed by atoms with Gasteiger partial charge < -0.3 is 9.47 Å². The maximum Gasteiger partial charge on any atom is 0.341 e. The topological polar surface area (TPSA) is 38.8 Å². The Morgan fingerprint density at radius 3 is 2.65 bits per heavy atom. The van der Waals surface area contributed by atoms with Crippen LogP contribution in [0.2, 0.25) is 0 Å². The predicted octanol–water partition coefficient (Wildman–Crippen LogP) is 2.82. The second-order valence-corrected chi connectivity index (χ2v) is 5.84. The zero-order valence-electron chi connectivity index (χ0n) is 10.5. The van der Waals surface area contributed by atoms with Gasteiger partial charge in [0.25, 0.3) is 0 Å². The molecule has 1 heterocycles. The minimum Gasteiger partial charge on any atom is -0.463 e. The number of esters is 1. The lowest BCUT2D eigenvalue weighted by Crippen LogP contribution is -2.33. The Bertz CT molecular complexity index is 296. The number of hydrogen-bond donors (Lipinski definition) is 0. The number of fused-ring (bicyclic) bond motifs is 1. The Morgan fingerprint density at radius 2 is 1.88 bits per heavy atom. The van der Waals surface area contributed by atoms with Gasteiger partial charge in [-0.05, 0) is 38.0 Å². The Balaban J connectivity index is 1.47. The molecule has 2 aliphatic carbocycles. The Labute approximate surface area is 103 Å². The molecule has 2 unspecified atom stereocenters. The van der Waals surface area contributed by atoms with Crippen molar-refractivity contribution in [2.75, 3.05) is 6.61 Å². The quantitative estimate of drug-likeness (QED) is 0.560. The molecule has 0 amide bonds. The maximum absolute atomic E-state index is 12.1. The number of rotatable bonds is 3. The summed E-state index contributed by atoms with van der Waals surface area (Å²) < 4.78 is 11.1. The van der Waals surface area contributed by atoms with Gasteiger partial charge in [0, 0.05) is 0 Å². The lowest BCUT2D eigenvalue weighted by Gasteiger charge is -2.22. The number of carbonyl (C=O) groups excluding carboxylic acids is 1. The van der Waals surface area contributed by atoms with E-state index >= 15 is 0 Å². The molecule has 3 fully saturated rings. The molecule has 17 heavy (non-hydrogen) atoms. The summed E-state index contributed by atoms with van der Waals surface area (Å²) in [5, 5.41) is 0.